The van der Waals surface area contributed by atoms with Crippen LogP contribution in [-0.2, 0) is 9.59 Å². The lowest BCUT2D eigenvalue weighted by Gasteiger charge is -2.32. The van der Waals surface area contributed by atoms with Crippen molar-refractivity contribution in [2.45, 2.75) is 39.5 Å². The molecule has 2 amide bonds. The first kappa shape index (κ1) is 18.2. The number of rotatable bonds is 6. The Kier molecular flexibility index (Phi) is 8.02. The molecule has 1 aliphatic rings. The highest BCUT2D eigenvalue weighted by Gasteiger charge is 2.42. The monoisotopic (exact) mass is 291 g/mol. The molecule has 5 nitrogen and oxygen atoms in total. The minimum Gasteiger partial charge on any atom is -0.355 e. The van der Waals surface area contributed by atoms with E-state index in [9.17, 15) is 9.59 Å². The van der Waals surface area contributed by atoms with Gasteiger partial charge in [0.2, 0.25) is 11.8 Å². The van der Waals surface area contributed by atoms with Gasteiger partial charge in [0.1, 0.15) is 0 Å². The zero-order valence-electron chi connectivity index (χ0n) is 11.9. The molecular formula is C13H26ClN3O2. The Morgan fingerprint density at radius 1 is 1.26 bits per heavy atom. The fourth-order valence-corrected chi connectivity index (χ4v) is 2.65. The SMILES string of the molecule is CCNC(=O)CN(CC)C(=O)C1(CN)CCCC1.Cl. The van der Waals surface area contributed by atoms with Gasteiger partial charge in [0.25, 0.3) is 0 Å². The van der Waals surface area contributed by atoms with Crippen LogP contribution < -0.4 is 11.1 Å². The second kappa shape index (κ2) is 8.38. The molecule has 0 atom stereocenters. The molecule has 1 rings (SSSR count). The Bertz CT molecular complexity index is 304. The van der Waals surface area contributed by atoms with E-state index in [2.05, 4.69) is 5.32 Å². The predicted molar refractivity (Wildman–Crippen MR) is 78.1 cm³/mol. The molecule has 112 valence electrons. The summed E-state index contributed by atoms with van der Waals surface area (Å²) in [5.41, 5.74) is 5.39. The molecule has 0 unspecified atom stereocenters. The Balaban J connectivity index is 0.00000324. The average molecular weight is 292 g/mol. The third-order valence-electron chi connectivity index (χ3n) is 3.78. The van der Waals surface area contributed by atoms with Crippen molar-refractivity contribution < 1.29 is 9.59 Å². The highest BCUT2D eigenvalue weighted by atomic mass is 35.5. The Hall–Kier alpha value is -0.810. The maximum absolute atomic E-state index is 12.5. The molecule has 0 aromatic rings. The summed E-state index contributed by atoms with van der Waals surface area (Å²) < 4.78 is 0. The van der Waals surface area contributed by atoms with E-state index in [1.165, 1.54) is 0 Å². The van der Waals surface area contributed by atoms with Crippen LogP contribution in [0.3, 0.4) is 0 Å². The van der Waals surface area contributed by atoms with Crippen LogP contribution in [0.25, 0.3) is 0 Å². The number of halogens is 1. The summed E-state index contributed by atoms with van der Waals surface area (Å²) in [7, 11) is 0. The molecule has 0 bridgehead atoms. The zero-order valence-corrected chi connectivity index (χ0v) is 12.7. The molecule has 0 spiro atoms. The largest absolute Gasteiger partial charge is 0.355 e. The van der Waals surface area contributed by atoms with Crippen molar-refractivity contribution in [2.24, 2.45) is 11.1 Å². The van der Waals surface area contributed by atoms with Crippen LogP contribution in [-0.4, -0.2) is 42.9 Å². The van der Waals surface area contributed by atoms with Crippen molar-refractivity contribution in [1.29, 1.82) is 0 Å². The van der Waals surface area contributed by atoms with E-state index < -0.39 is 5.41 Å². The lowest BCUT2D eigenvalue weighted by molar-refractivity contribution is -0.144. The number of carbonyl (C=O) groups excluding carboxylic acids is 2. The second-order valence-electron chi connectivity index (χ2n) is 4.96. The summed E-state index contributed by atoms with van der Waals surface area (Å²) in [4.78, 5) is 25.8. The van der Waals surface area contributed by atoms with Gasteiger partial charge in [-0.15, -0.1) is 12.4 Å². The third kappa shape index (κ3) is 4.35. The molecule has 1 saturated carbocycles. The molecule has 0 radical (unpaired) electrons. The van der Waals surface area contributed by atoms with Gasteiger partial charge < -0.3 is 16.0 Å². The van der Waals surface area contributed by atoms with Crippen LogP contribution in [0, 0.1) is 5.41 Å². The number of carbonyl (C=O) groups is 2. The smallest absolute Gasteiger partial charge is 0.239 e. The number of amides is 2. The van der Waals surface area contributed by atoms with Crippen molar-refractivity contribution in [1.82, 2.24) is 10.2 Å². The van der Waals surface area contributed by atoms with Gasteiger partial charge in [0.15, 0.2) is 0 Å². The first-order valence-corrected chi connectivity index (χ1v) is 6.85. The summed E-state index contributed by atoms with van der Waals surface area (Å²) in [6.45, 7) is 5.44. The molecule has 0 aromatic heterocycles. The molecule has 0 heterocycles. The molecule has 0 aromatic carbocycles. The fraction of sp³-hybridized carbons (Fsp3) is 0.846. The van der Waals surface area contributed by atoms with Crippen molar-refractivity contribution >= 4 is 24.2 Å². The number of nitrogens with two attached hydrogens (primary N) is 1. The van der Waals surface area contributed by atoms with Crippen molar-refractivity contribution in [3.63, 3.8) is 0 Å². The highest BCUT2D eigenvalue weighted by Crippen LogP contribution is 2.38. The first-order valence-electron chi connectivity index (χ1n) is 6.85. The summed E-state index contributed by atoms with van der Waals surface area (Å²) in [5, 5.41) is 2.72. The van der Waals surface area contributed by atoms with Crippen molar-refractivity contribution in [2.75, 3.05) is 26.2 Å². The van der Waals surface area contributed by atoms with Crippen molar-refractivity contribution in [3.05, 3.63) is 0 Å². The maximum atomic E-state index is 12.5. The molecule has 3 N–H and O–H groups in total. The van der Waals surface area contributed by atoms with E-state index >= 15 is 0 Å². The van der Waals surface area contributed by atoms with Gasteiger partial charge in [0, 0.05) is 19.6 Å². The molecule has 1 fully saturated rings. The summed E-state index contributed by atoms with van der Waals surface area (Å²) >= 11 is 0. The van der Waals surface area contributed by atoms with Gasteiger partial charge in [-0.25, -0.2) is 0 Å². The number of nitrogens with zero attached hydrogens (tertiary/aromatic N) is 1. The number of hydrogen-bond acceptors (Lipinski definition) is 3. The summed E-state index contributed by atoms with van der Waals surface area (Å²) in [5.74, 6) is -0.0471. The van der Waals surface area contributed by atoms with Gasteiger partial charge in [-0.1, -0.05) is 12.8 Å². The Morgan fingerprint density at radius 3 is 2.26 bits per heavy atom. The first-order chi connectivity index (χ1) is 8.59. The third-order valence-corrected chi connectivity index (χ3v) is 3.78. The van der Waals surface area contributed by atoms with E-state index in [0.29, 0.717) is 19.6 Å². The van der Waals surface area contributed by atoms with Gasteiger partial charge in [-0.05, 0) is 26.7 Å². The van der Waals surface area contributed by atoms with Gasteiger partial charge in [-0.2, -0.15) is 0 Å². The summed E-state index contributed by atoms with van der Waals surface area (Å²) in [6, 6.07) is 0. The van der Waals surface area contributed by atoms with Gasteiger partial charge in [-0.3, -0.25) is 9.59 Å². The quantitative estimate of drug-likeness (QED) is 0.764. The maximum Gasteiger partial charge on any atom is 0.239 e. The van der Waals surface area contributed by atoms with Gasteiger partial charge >= 0.3 is 0 Å². The molecule has 19 heavy (non-hydrogen) atoms. The van der Waals surface area contributed by atoms with Crippen LogP contribution >= 0.6 is 12.4 Å². The lowest BCUT2D eigenvalue weighted by atomic mass is 9.84. The normalized spacial score (nSPS) is 16.6. The van der Waals surface area contributed by atoms with Crippen LogP contribution in [0.2, 0.25) is 0 Å². The number of hydrogen-bond donors (Lipinski definition) is 2. The standard InChI is InChI=1S/C13H25N3O2.ClH/c1-3-15-11(17)9-16(4-2)12(18)13(10-14)7-5-6-8-13;/h3-10,14H2,1-2H3,(H,15,17);1H. The van der Waals surface area contributed by atoms with E-state index in [1.807, 2.05) is 13.8 Å². The second-order valence-corrected chi connectivity index (χ2v) is 4.96. The number of likely N-dealkylation sites (N-methyl/N-ethyl adjacent to an activating group) is 2. The van der Waals surface area contributed by atoms with E-state index in [4.69, 9.17) is 5.73 Å². The van der Waals surface area contributed by atoms with E-state index in [0.717, 1.165) is 25.7 Å². The van der Waals surface area contributed by atoms with Crippen molar-refractivity contribution in [3.8, 4) is 0 Å². The van der Waals surface area contributed by atoms with Gasteiger partial charge in [0.05, 0.1) is 12.0 Å². The minimum atomic E-state index is -0.414. The topological polar surface area (TPSA) is 75.4 Å². The van der Waals surface area contributed by atoms with Crippen LogP contribution in [0.1, 0.15) is 39.5 Å². The zero-order chi connectivity index (χ0) is 13.6. The molecular weight excluding hydrogens is 266 g/mol. The molecule has 0 saturated heterocycles. The van der Waals surface area contributed by atoms with Crippen LogP contribution in [0.15, 0.2) is 0 Å². The lowest BCUT2D eigenvalue weighted by Crippen LogP contribution is -2.49. The Morgan fingerprint density at radius 2 is 1.84 bits per heavy atom. The molecule has 0 aliphatic heterocycles. The average Bonchev–Trinajstić information content (AvgIpc) is 2.85. The fourth-order valence-electron chi connectivity index (χ4n) is 2.65. The van der Waals surface area contributed by atoms with E-state index in [-0.39, 0.29) is 30.8 Å². The molecule has 1 aliphatic carbocycles. The predicted octanol–water partition coefficient (Wildman–Crippen LogP) is 0.912. The summed E-state index contributed by atoms with van der Waals surface area (Å²) in [6.07, 6.45) is 3.83. The Labute approximate surface area is 121 Å². The van der Waals surface area contributed by atoms with Crippen LogP contribution in [0.4, 0.5) is 0 Å². The van der Waals surface area contributed by atoms with Crippen LogP contribution in [0.5, 0.6) is 0 Å². The molecule has 6 heteroatoms. The number of nitrogens with one attached hydrogen (secondary N) is 1. The minimum absolute atomic E-state index is 0. The van der Waals surface area contributed by atoms with E-state index in [1.54, 1.807) is 4.90 Å². The highest BCUT2D eigenvalue weighted by molar-refractivity contribution is 5.88.